The topological polar surface area (TPSA) is 81.4 Å². The fraction of sp³-hybridized carbons (Fsp3) is 0.333. The van der Waals surface area contributed by atoms with Crippen LogP contribution in [0, 0.1) is 0 Å². The van der Waals surface area contributed by atoms with Crippen molar-refractivity contribution in [3.05, 3.63) is 29.3 Å². The molecule has 0 fully saturated rings. The first-order valence-corrected chi connectivity index (χ1v) is 5.50. The van der Waals surface area contributed by atoms with Gasteiger partial charge in [-0.2, -0.15) is 0 Å². The van der Waals surface area contributed by atoms with E-state index in [1.807, 2.05) is 12.3 Å². The normalized spacial score (nSPS) is 17.2. The largest absolute Gasteiger partial charge is 0.490 e. The lowest BCUT2D eigenvalue weighted by Gasteiger charge is -2.05. The maximum Gasteiger partial charge on any atom is 0.306 e. The Bertz CT molecular complexity index is 471. The summed E-state index contributed by atoms with van der Waals surface area (Å²) in [5.41, 5.74) is 3.14. The maximum absolute atomic E-state index is 11.6. The first-order valence-electron chi connectivity index (χ1n) is 5.50. The molecule has 0 saturated carbocycles. The number of benzene rings is 1. The van der Waals surface area contributed by atoms with E-state index in [-0.39, 0.29) is 6.10 Å². The summed E-state index contributed by atoms with van der Waals surface area (Å²) >= 11 is 0. The first-order chi connectivity index (χ1) is 8.15. The van der Waals surface area contributed by atoms with E-state index in [0.717, 1.165) is 24.2 Å². The average Bonchev–Trinajstić information content (AvgIpc) is 2.78. The van der Waals surface area contributed by atoms with E-state index in [2.05, 4.69) is 0 Å². The minimum absolute atomic E-state index is 0.165. The van der Waals surface area contributed by atoms with Crippen LogP contribution in [0.5, 0.6) is 5.75 Å². The molecule has 5 nitrogen and oxygen atoms in total. The molecule has 1 atom stereocenters. The number of ether oxygens (including phenoxy) is 1. The molecule has 1 aromatic rings. The maximum atomic E-state index is 11.6. The van der Waals surface area contributed by atoms with Crippen molar-refractivity contribution in [3.8, 4) is 5.75 Å². The van der Waals surface area contributed by atoms with Crippen LogP contribution < -0.4 is 16.0 Å². The lowest BCUT2D eigenvalue weighted by Crippen LogP contribution is -2.36. The van der Waals surface area contributed by atoms with Crippen molar-refractivity contribution in [3.63, 3.8) is 0 Å². The van der Waals surface area contributed by atoms with E-state index < -0.39 is 11.7 Å². The Morgan fingerprint density at radius 3 is 2.94 bits per heavy atom. The van der Waals surface area contributed by atoms with Crippen LogP contribution in [-0.4, -0.2) is 17.8 Å². The summed E-state index contributed by atoms with van der Waals surface area (Å²) in [6.07, 6.45) is 1.86. The molecule has 1 aliphatic rings. The van der Waals surface area contributed by atoms with Crippen LogP contribution in [0.15, 0.2) is 18.2 Å². The van der Waals surface area contributed by atoms with Crippen LogP contribution in [0.1, 0.15) is 29.3 Å². The number of nitrogens with two attached hydrogens (primary N) is 1. The zero-order valence-electron chi connectivity index (χ0n) is 9.53. The summed E-state index contributed by atoms with van der Waals surface area (Å²) in [4.78, 5) is 22.7. The van der Waals surface area contributed by atoms with Crippen molar-refractivity contribution >= 4 is 11.7 Å². The monoisotopic (exact) mass is 234 g/mol. The Kier molecular flexibility index (Phi) is 3.10. The molecule has 1 aromatic carbocycles. The molecule has 5 heteroatoms. The van der Waals surface area contributed by atoms with E-state index in [1.54, 1.807) is 18.2 Å². The molecule has 17 heavy (non-hydrogen) atoms. The lowest BCUT2D eigenvalue weighted by atomic mass is 10.0. The fourth-order valence-corrected chi connectivity index (χ4v) is 1.89. The van der Waals surface area contributed by atoms with Crippen LogP contribution in [-0.2, 0) is 11.2 Å². The molecule has 1 aliphatic heterocycles. The molecule has 0 spiro atoms. The third-order valence-corrected chi connectivity index (χ3v) is 2.86. The predicted molar refractivity (Wildman–Crippen MR) is 61.5 cm³/mol. The smallest absolute Gasteiger partial charge is 0.306 e. The second-order valence-corrected chi connectivity index (χ2v) is 3.98. The van der Waals surface area contributed by atoms with Crippen molar-refractivity contribution in [1.82, 2.24) is 5.43 Å². The van der Waals surface area contributed by atoms with Crippen LogP contribution >= 0.6 is 0 Å². The molecule has 3 N–H and O–H groups in total. The summed E-state index contributed by atoms with van der Waals surface area (Å²) in [6.45, 7) is 2.05. The zero-order chi connectivity index (χ0) is 12.4. The third-order valence-electron chi connectivity index (χ3n) is 2.86. The van der Waals surface area contributed by atoms with Crippen LogP contribution in [0.3, 0.4) is 0 Å². The average molecular weight is 234 g/mol. The molecule has 2 rings (SSSR count). The number of fused-ring (bicyclic) bond motifs is 1. The van der Waals surface area contributed by atoms with E-state index in [9.17, 15) is 9.59 Å². The molecule has 0 saturated heterocycles. The SMILES string of the molecule is CCC1Cc2cc(C(=O)C(=O)NN)ccc2O1. The number of amides is 1. The molecule has 0 radical (unpaired) electrons. The van der Waals surface area contributed by atoms with Crippen molar-refractivity contribution in [2.45, 2.75) is 25.9 Å². The quantitative estimate of drug-likeness (QED) is 0.263. The second kappa shape index (κ2) is 4.55. The molecule has 0 bridgehead atoms. The minimum Gasteiger partial charge on any atom is -0.490 e. The van der Waals surface area contributed by atoms with Crippen molar-refractivity contribution in [2.75, 3.05) is 0 Å². The molecular formula is C12H14N2O3. The highest BCUT2D eigenvalue weighted by molar-refractivity contribution is 6.42. The number of carbonyl (C=O) groups excluding carboxylic acids is 2. The van der Waals surface area contributed by atoms with Gasteiger partial charge in [0.2, 0.25) is 0 Å². The van der Waals surface area contributed by atoms with Gasteiger partial charge in [-0.05, 0) is 30.2 Å². The molecule has 1 amide bonds. The number of Topliss-reactive ketones (excluding diaryl/α,β-unsaturated/α-hetero) is 1. The van der Waals surface area contributed by atoms with Gasteiger partial charge in [0.1, 0.15) is 11.9 Å². The van der Waals surface area contributed by atoms with Crippen molar-refractivity contribution in [1.29, 1.82) is 0 Å². The van der Waals surface area contributed by atoms with Gasteiger partial charge in [-0.1, -0.05) is 6.92 Å². The highest BCUT2D eigenvalue weighted by Crippen LogP contribution is 2.30. The Balaban J connectivity index is 2.24. The highest BCUT2D eigenvalue weighted by atomic mass is 16.5. The van der Waals surface area contributed by atoms with Crippen LogP contribution in [0.4, 0.5) is 0 Å². The van der Waals surface area contributed by atoms with Gasteiger partial charge < -0.3 is 4.74 Å². The molecular weight excluding hydrogens is 220 g/mol. The predicted octanol–water partition coefficient (Wildman–Crippen LogP) is 0.573. The van der Waals surface area contributed by atoms with Gasteiger partial charge in [-0.15, -0.1) is 0 Å². The summed E-state index contributed by atoms with van der Waals surface area (Å²) in [5.74, 6) is 4.28. The van der Waals surface area contributed by atoms with E-state index in [4.69, 9.17) is 10.6 Å². The second-order valence-electron chi connectivity index (χ2n) is 3.98. The van der Waals surface area contributed by atoms with Gasteiger partial charge in [0.05, 0.1) is 0 Å². The van der Waals surface area contributed by atoms with Crippen LogP contribution in [0.25, 0.3) is 0 Å². The fourth-order valence-electron chi connectivity index (χ4n) is 1.89. The van der Waals surface area contributed by atoms with E-state index >= 15 is 0 Å². The van der Waals surface area contributed by atoms with Crippen molar-refractivity contribution < 1.29 is 14.3 Å². The lowest BCUT2D eigenvalue weighted by molar-refractivity contribution is -0.117. The van der Waals surface area contributed by atoms with Gasteiger partial charge in [0, 0.05) is 12.0 Å². The first kappa shape index (κ1) is 11.6. The van der Waals surface area contributed by atoms with Gasteiger partial charge in [-0.3, -0.25) is 15.0 Å². The Labute approximate surface area is 98.9 Å². The molecule has 90 valence electrons. The number of rotatable bonds is 3. The highest BCUT2D eigenvalue weighted by Gasteiger charge is 2.23. The number of ketones is 1. The third kappa shape index (κ3) is 2.14. The van der Waals surface area contributed by atoms with Crippen LogP contribution in [0.2, 0.25) is 0 Å². The molecule has 0 aliphatic carbocycles. The molecule has 1 heterocycles. The summed E-state index contributed by atoms with van der Waals surface area (Å²) < 4.78 is 5.64. The van der Waals surface area contributed by atoms with E-state index in [1.165, 1.54) is 0 Å². The number of hydrogen-bond acceptors (Lipinski definition) is 4. The van der Waals surface area contributed by atoms with Gasteiger partial charge in [0.15, 0.2) is 0 Å². The summed E-state index contributed by atoms with van der Waals surface area (Å²) in [6, 6.07) is 5.00. The summed E-state index contributed by atoms with van der Waals surface area (Å²) in [7, 11) is 0. The number of hydrogen-bond donors (Lipinski definition) is 2. The Hall–Kier alpha value is -1.88. The van der Waals surface area contributed by atoms with E-state index in [0.29, 0.717) is 5.56 Å². The Morgan fingerprint density at radius 2 is 2.29 bits per heavy atom. The minimum atomic E-state index is -0.809. The molecule has 0 aromatic heterocycles. The summed E-state index contributed by atoms with van der Waals surface area (Å²) in [5, 5.41) is 0. The van der Waals surface area contributed by atoms with Crippen molar-refractivity contribution in [2.24, 2.45) is 5.84 Å². The number of hydrazine groups is 1. The Morgan fingerprint density at radius 1 is 1.53 bits per heavy atom. The van der Waals surface area contributed by atoms with Gasteiger partial charge in [-0.25, -0.2) is 5.84 Å². The van der Waals surface area contributed by atoms with Gasteiger partial charge in [0.25, 0.3) is 5.78 Å². The zero-order valence-corrected chi connectivity index (χ0v) is 9.53. The van der Waals surface area contributed by atoms with Gasteiger partial charge >= 0.3 is 5.91 Å². The number of carbonyl (C=O) groups is 2. The molecule has 1 unspecified atom stereocenters. The number of nitrogens with one attached hydrogen (secondary N) is 1. The standard InChI is InChI=1S/C12H14N2O3/c1-2-9-6-8-5-7(3-4-10(8)17-9)11(15)12(16)14-13/h3-5,9H,2,6,13H2,1H3,(H,14,16).